The predicted octanol–water partition coefficient (Wildman–Crippen LogP) is 1.51. The number of aromatic nitrogens is 2. The standard InChI is InChI=1S/C11H18N2O2/c1-2-7-13-9(5-6-12-13)11(14)10-4-3-8-15-10/h5-6,10-11,14H,2-4,7-8H2,1H3. The lowest BCUT2D eigenvalue weighted by Gasteiger charge is -2.18. The van der Waals surface area contributed by atoms with E-state index in [4.69, 9.17) is 4.74 Å². The van der Waals surface area contributed by atoms with E-state index in [0.717, 1.165) is 38.1 Å². The molecule has 84 valence electrons. The van der Waals surface area contributed by atoms with Crippen LogP contribution in [-0.4, -0.2) is 27.6 Å². The van der Waals surface area contributed by atoms with Crippen molar-refractivity contribution in [3.8, 4) is 0 Å². The van der Waals surface area contributed by atoms with E-state index in [1.165, 1.54) is 0 Å². The van der Waals surface area contributed by atoms with Gasteiger partial charge in [-0.05, 0) is 25.3 Å². The molecule has 4 nitrogen and oxygen atoms in total. The zero-order chi connectivity index (χ0) is 10.7. The smallest absolute Gasteiger partial charge is 0.122 e. The minimum absolute atomic E-state index is 0.0442. The van der Waals surface area contributed by atoms with Crippen LogP contribution in [0.25, 0.3) is 0 Å². The van der Waals surface area contributed by atoms with Crippen LogP contribution in [0.2, 0.25) is 0 Å². The average molecular weight is 210 g/mol. The molecule has 1 aromatic rings. The van der Waals surface area contributed by atoms with Gasteiger partial charge in [-0.25, -0.2) is 0 Å². The van der Waals surface area contributed by atoms with Crippen LogP contribution in [0.15, 0.2) is 12.3 Å². The highest BCUT2D eigenvalue weighted by molar-refractivity contribution is 5.07. The molecule has 1 N–H and O–H groups in total. The first-order chi connectivity index (χ1) is 7.33. The summed E-state index contributed by atoms with van der Waals surface area (Å²) in [5, 5.41) is 14.3. The summed E-state index contributed by atoms with van der Waals surface area (Å²) in [5.41, 5.74) is 0.878. The highest BCUT2D eigenvalue weighted by Crippen LogP contribution is 2.26. The summed E-state index contributed by atoms with van der Waals surface area (Å²) in [6.07, 6.45) is 4.18. The van der Waals surface area contributed by atoms with Crippen molar-refractivity contribution in [3.63, 3.8) is 0 Å². The maximum atomic E-state index is 10.1. The summed E-state index contributed by atoms with van der Waals surface area (Å²) < 4.78 is 7.35. The van der Waals surface area contributed by atoms with Gasteiger partial charge in [-0.3, -0.25) is 4.68 Å². The Labute approximate surface area is 89.9 Å². The number of aryl methyl sites for hydroxylation is 1. The van der Waals surface area contributed by atoms with Gasteiger partial charge in [-0.1, -0.05) is 6.92 Å². The van der Waals surface area contributed by atoms with E-state index in [0.29, 0.717) is 0 Å². The van der Waals surface area contributed by atoms with Crippen LogP contribution in [0, 0.1) is 0 Å². The number of hydrogen-bond donors (Lipinski definition) is 1. The lowest BCUT2D eigenvalue weighted by molar-refractivity contribution is -0.00699. The second kappa shape index (κ2) is 4.77. The Morgan fingerprint density at radius 1 is 1.73 bits per heavy atom. The number of hydrogen-bond acceptors (Lipinski definition) is 3. The van der Waals surface area contributed by atoms with Crippen molar-refractivity contribution in [1.29, 1.82) is 0 Å². The van der Waals surface area contributed by atoms with Crippen LogP contribution < -0.4 is 0 Å². The van der Waals surface area contributed by atoms with E-state index in [9.17, 15) is 5.11 Å². The molecular formula is C11H18N2O2. The van der Waals surface area contributed by atoms with Gasteiger partial charge < -0.3 is 9.84 Å². The van der Waals surface area contributed by atoms with Gasteiger partial charge in [-0.2, -0.15) is 5.10 Å². The van der Waals surface area contributed by atoms with Gasteiger partial charge in [0.1, 0.15) is 6.10 Å². The molecule has 0 saturated carbocycles. The van der Waals surface area contributed by atoms with Crippen molar-refractivity contribution in [1.82, 2.24) is 9.78 Å². The Hall–Kier alpha value is -0.870. The van der Waals surface area contributed by atoms with E-state index in [-0.39, 0.29) is 6.10 Å². The van der Waals surface area contributed by atoms with E-state index in [1.807, 2.05) is 10.7 Å². The molecule has 4 heteroatoms. The fourth-order valence-electron chi connectivity index (χ4n) is 2.03. The molecule has 2 rings (SSSR count). The first-order valence-electron chi connectivity index (χ1n) is 5.64. The van der Waals surface area contributed by atoms with Crippen LogP contribution >= 0.6 is 0 Å². The molecule has 1 aliphatic rings. The monoisotopic (exact) mass is 210 g/mol. The zero-order valence-corrected chi connectivity index (χ0v) is 9.09. The van der Waals surface area contributed by atoms with Gasteiger partial charge in [0.05, 0.1) is 11.8 Å². The first kappa shape index (κ1) is 10.6. The molecule has 15 heavy (non-hydrogen) atoms. The van der Waals surface area contributed by atoms with Crippen molar-refractivity contribution < 1.29 is 9.84 Å². The van der Waals surface area contributed by atoms with Crippen molar-refractivity contribution >= 4 is 0 Å². The fraction of sp³-hybridized carbons (Fsp3) is 0.727. The molecule has 0 amide bonds. The number of nitrogens with zero attached hydrogens (tertiary/aromatic N) is 2. The third-order valence-corrected chi connectivity index (χ3v) is 2.80. The van der Waals surface area contributed by atoms with Crippen LogP contribution in [-0.2, 0) is 11.3 Å². The molecule has 2 heterocycles. The summed E-state index contributed by atoms with van der Waals surface area (Å²) >= 11 is 0. The van der Waals surface area contributed by atoms with Gasteiger partial charge in [0, 0.05) is 19.3 Å². The summed E-state index contributed by atoms with van der Waals surface area (Å²) in [6.45, 7) is 3.72. The number of aliphatic hydroxyl groups excluding tert-OH is 1. The van der Waals surface area contributed by atoms with Crippen LogP contribution in [0.3, 0.4) is 0 Å². The molecule has 1 saturated heterocycles. The van der Waals surface area contributed by atoms with Gasteiger partial charge in [0.15, 0.2) is 0 Å². The summed E-state index contributed by atoms with van der Waals surface area (Å²) in [6, 6.07) is 1.88. The van der Waals surface area contributed by atoms with E-state index < -0.39 is 6.10 Å². The molecule has 0 aromatic carbocycles. The average Bonchev–Trinajstić information content (AvgIpc) is 2.87. The molecule has 1 aliphatic heterocycles. The van der Waals surface area contributed by atoms with Crippen molar-refractivity contribution in [2.75, 3.05) is 6.61 Å². The third kappa shape index (κ3) is 2.21. The zero-order valence-electron chi connectivity index (χ0n) is 9.09. The van der Waals surface area contributed by atoms with Crippen molar-refractivity contribution in [2.45, 2.75) is 44.9 Å². The third-order valence-electron chi connectivity index (χ3n) is 2.80. The summed E-state index contributed by atoms with van der Waals surface area (Å²) in [5.74, 6) is 0. The lowest BCUT2D eigenvalue weighted by atomic mass is 10.1. The first-order valence-corrected chi connectivity index (χ1v) is 5.64. The largest absolute Gasteiger partial charge is 0.384 e. The summed E-state index contributed by atoms with van der Waals surface area (Å²) in [4.78, 5) is 0. The van der Waals surface area contributed by atoms with Gasteiger partial charge in [-0.15, -0.1) is 0 Å². The summed E-state index contributed by atoms with van der Waals surface area (Å²) in [7, 11) is 0. The quantitative estimate of drug-likeness (QED) is 0.819. The molecule has 2 unspecified atom stereocenters. The van der Waals surface area contributed by atoms with Crippen LogP contribution in [0.5, 0.6) is 0 Å². The van der Waals surface area contributed by atoms with E-state index in [2.05, 4.69) is 12.0 Å². The van der Waals surface area contributed by atoms with Gasteiger partial charge >= 0.3 is 0 Å². The Kier molecular flexibility index (Phi) is 3.38. The second-order valence-corrected chi connectivity index (χ2v) is 3.98. The van der Waals surface area contributed by atoms with E-state index >= 15 is 0 Å². The lowest BCUT2D eigenvalue weighted by Crippen LogP contribution is -2.20. The SMILES string of the molecule is CCCn1nccc1C(O)C1CCCO1. The van der Waals surface area contributed by atoms with Crippen LogP contribution in [0.4, 0.5) is 0 Å². The highest BCUT2D eigenvalue weighted by Gasteiger charge is 2.27. The predicted molar refractivity (Wildman–Crippen MR) is 56.5 cm³/mol. The topological polar surface area (TPSA) is 47.3 Å². The maximum Gasteiger partial charge on any atom is 0.122 e. The molecule has 0 aliphatic carbocycles. The molecule has 2 atom stereocenters. The second-order valence-electron chi connectivity index (χ2n) is 3.98. The normalized spacial score (nSPS) is 23.2. The molecule has 1 aromatic heterocycles. The maximum absolute atomic E-state index is 10.1. The van der Waals surface area contributed by atoms with Crippen molar-refractivity contribution in [3.05, 3.63) is 18.0 Å². The fourth-order valence-corrected chi connectivity index (χ4v) is 2.03. The van der Waals surface area contributed by atoms with Crippen LogP contribution in [0.1, 0.15) is 38.0 Å². The molecule has 0 spiro atoms. The molecule has 0 bridgehead atoms. The number of rotatable bonds is 4. The van der Waals surface area contributed by atoms with Crippen molar-refractivity contribution in [2.24, 2.45) is 0 Å². The minimum atomic E-state index is -0.526. The van der Waals surface area contributed by atoms with Gasteiger partial charge in [0.2, 0.25) is 0 Å². The Balaban J connectivity index is 2.09. The molecule has 0 radical (unpaired) electrons. The Bertz CT molecular complexity index is 305. The Morgan fingerprint density at radius 2 is 2.60 bits per heavy atom. The number of ether oxygens (including phenoxy) is 1. The Morgan fingerprint density at radius 3 is 3.27 bits per heavy atom. The van der Waals surface area contributed by atoms with E-state index in [1.54, 1.807) is 6.20 Å². The highest BCUT2D eigenvalue weighted by atomic mass is 16.5. The molecular weight excluding hydrogens is 192 g/mol. The molecule has 1 fully saturated rings. The number of aliphatic hydroxyl groups is 1. The van der Waals surface area contributed by atoms with Gasteiger partial charge in [0.25, 0.3) is 0 Å². The minimum Gasteiger partial charge on any atom is -0.384 e.